The highest BCUT2D eigenvalue weighted by atomic mass is 16.5. The molecule has 0 bridgehead atoms. The van der Waals surface area contributed by atoms with Crippen LogP contribution < -0.4 is 0 Å². The van der Waals surface area contributed by atoms with E-state index in [1.54, 1.807) is 0 Å². The average molecular weight is 317 g/mol. The van der Waals surface area contributed by atoms with Gasteiger partial charge in [-0.2, -0.15) is 0 Å². The third kappa shape index (κ3) is 3.58. The first-order valence-corrected chi connectivity index (χ1v) is 8.90. The molecule has 1 unspecified atom stereocenters. The summed E-state index contributed by atoms with van der Waals surface area (Å²) in [5.74, 6) is 0. The highest BCUT2D eigenvalue weighted by Gasteiger charge is 2.44. The zero-order valence-electron chi connectivity index (χ0n) is 13.8. The summed E-state index contributed by atoms with van der Waals surface area (Å²) in [5, 5.41) is 0. The molecule has 3 aliphatic heterocycles. The smallest absolute Gasteiger partial charge is 0.0723 e. The molecule has 0 aliphatic carbocycles. The standard InChI is InChI=1S/C18H27N3O2/c1-5-19-6-2-16(1)14-20-7-3-18(4-8-20)13-17(15-23-18)21-9-11-22-12-10-21/h1-2,5-6,17H,3-4,7-15H2. The van der Waals surface area contributed by atoms with Crippen LogP contribution in [0.15, 0.2) is 24.5 Å². The fourth-order valence-corrected chi connectivity index (χ4v) is 4.21. The van der Waals surface area contributed by atoms with Crippen LogP contribution in [-0.2, 0) is 16.0 Å². The van der Waals surface area contributed by atoms with Crippen LogP contribution in [0, 0.1) is 0 Å². The van der Waals surface area contributed by atoms with E-state index in [1.807, 2.05) is 12.4 Å². The van der Waals surface area contributed by atoms with E-state index >= 15 is 0 Å². The molecule has 126 valence electrons. The van der Waals surface area contributed by atoms with Crippen molar-refractivity contribution in [3.63, 3.8) is 0 Å². The summed E-state index contributed by atoms with van der Waals surface area (Å²) in [6.07, 6.45) is 7.30. The summed E-state index contributed by atoms with van der Waals surface area (Å²) < 4.78 is 11.8. The van der Waals surface area contributed by atoms with E-state index in [9.17, 15) is 0 Å². The second kappa shape index (κ2) is 6.85. The molecule has 0 N–H and O–H groups in total. The van der Waals surface area contributed by atoms with Crippen LogP contribution in [0.4, 0.5) is 0 Å². The van der Waals surface area contributed by atoms with E-state index in [2.05, 4.69) is 26.9 Å². The molecule has 0 radical (unpaired) electrons. The Balaban J connectivity index is 1.29. The van der Waals surface area contributed by atoms with Crippen LogP contribution >= 0.6 is 0 Å². The number of hydrogen-bond acceptors (Lipinski definition) is 5. The van der Waals surface area contributed by atoms with Crippen LogP contribution in [0.3, 0.4) is 0 Å². The molecule has 1 aromatic heterocycles. The summed E-state index contributed by atoms with van der Waals surface area (Å²) in [6, 6.07) is 4.83. The molecule has 1 atom stereocenters. The van der Waals surface area contributed by atoms with Crippen LogP contribution in [0.1, 0.15) is 24.8 Å². The molecule has 5 heteroatoms. The summed E-state index contributed by atoms with van der Waals surface area (Å²) in [7, 11) is 0. The van der Waals surface area contributed by atoms with Crippen LogP contribution in [0.2, 0.25) is 0 Å². The fraction of sp³-hybridized carbons (Fsp3) is 0.722. The van der Waals surface area contributed by atoms with Crippen molar-refractivity contribution in [3.8, 4) is 0 Å². The van der Waals surface area contributed by atoms with Gasteiger partial charge in [0.2, 0.25) is 0 Å². The van der Waals surface area contributed by atoms with Gasteiger partial charge in [0, 0.05) is 51.2 Å². The van der Waals surface area contributed by atoms with Crippen molar-refractivity contribution in [2.24, 2.45) is 0 Å². The van der Waals surface area contributed by atoms with Crippen LogP contribution in [0.25, 0.3) is 0 Å². The summed E-state index contributed by atoms with van der Waals surface area (Å²) in [6.45, 7) is 8.11. The van der Waals surface area contributed by atoms with E-state index < -0.39 is 0 Å². The molecular weight excluding hydrogens is 290 g/mol. The predicted octanol–water partition coefficient (Wildman–Crippen LogP) is 1.54. The monoisotopic (exact) mass is 317 g/mol. The Morgan fingerprint density at radius 3 is 2.57 bits per heavy atom. The minimum atomic E-state index is 0.137. The molecule has 3 fully saturated rings. The molecule has 0 aromatic carbocycles. The lowest BCUT2D eigenvalue weighted by molar-refractivity contribution is -0.0458. The van der Waals surface area contributed by atoms with Gasteiger partial charge in [0.25, 0.3) is 0 Å². The lowest BCUT2D eigenvalue weighted by atomic mass is 9.87. The molecule has 4 heterocycles. The number of ether oxygens (including phenoxy) is 2. The predicted molar refractivity (Wildman–Crippen MR) is 88.2 cm³/mol. The topological polar surface area (TPSA) is 37.8 Å². The number of morpholine rings is 1. The zero-order chi connectivity index (χ0) is 15.5. The molecule has 4 rings (SSSR count). The van der Waals surface area contributed by atoms with Crippen molar-refractivity contribution in [1.82, 2.24) is 14.8 Å². The largest absolute Gasteiger partial charge is 0.379 e. The first-order valence-electron chi connectivity index (χ1n) is 8.90. The van der Waals surface area contributed by atoms with Crippen molar-refractivity contribution < 1.29 is 9.47 Å². The SMILES string of the molecule is c1cc(CN2CCC3(CC2)CC(N2CCOCC2)CO3)ccn1. The van der Waals surface area contributed by atoms with E-state index in [4.69, 9.17) is 9.47 Å². The van der Waals surface area contributed by atoms with Gasteiger partial charge in [-0.3, -0.25) is 14.8 Å². The van der Waals surface area contributed by atoms with Gasteiger partial charge in [0.15, 0.2) is 0 Å². The molecule has 1 spiro atoms. The van der Waals surface area contributed by atoms with Gasteiger partial charge < -0.3 is 9.47 Å². The molecule has 1 aromatic rings. The molecule has 5 nitrogen and oxygen atoms in total. The quantitative estimate of drug-likeness (QED) is 0.845. The lowest BCUT2D eigenvalue weighted by Gasteiger charge is -2.39. The maximum Gasteiger partial charge on any atom is 0.0723 e. The summed E-state index contributed by atoms with van der Waals surface area (Å²) >= 11 is 0. The van der Waals surface area contributed by atoms with Gasteiger partial charge in [-0.25, -0.2) is 0 Å². The third-order valence-corrected chi connectivity index (χ3v) is 5.67. The maximum absolute atomic E-state index is 6.33. The lowest BCUT2D eigenvalue weighted by Crippen LogP contribution is -2.46. The molecule has 23 heavy (non-hydrogen) atoms. The third-order valence-electron chi connectivity index (χ3n) is 5.67. The first-order chi connectivity index (χ1) is 11.3. The van der Waals surface area contributed by atoms with Gasteiger partial charge in [-0.05, 0) is 37.0 Å². The Labute approximate surface area is 138 Å². The zero-order valence-corrected chi connectivity index (χ0v) is 13.8. The molecule has 0 amide bonds. The van der Waals surface area contributed by atoms with Gasteiger partial charge in [0.05, 0.1) is 25.4 Å². The van der Waals surface area contributed by atoms with Crippen molar-refractivity contribution in [2.75, 3.05) is 46.0 Å². The number of likely N-dealkylation sites (tertiary alicyclic amines) is 1. The number of piperidine rings is 1. The minimum absolute atomic E-state index is 0.137. The van der Waals surface area contributed by atoms with Crippen molar-refractivity contribution in [3.05, 3.63) is 30.1 Å². The highest BCUT2D eigenvalue weighted by molar-refractivity contribution is 5.10. The Kier molecular flexibility index (Phi) is 4.62. The van der Waals surface area contributed by atoms with Gasteiger partial charge >= 0.3 is 0 Å². The van der Waals surface area contributed by atoms with Crippen molar-refractivity contribution >= 4 is 0 Å². The van der Waals surface area contributed by atoms with Crippen LogP contribution in [0.5, 0.6) is 0 Å². The highest BCUT2D eigenvalue weighted by Crippen LogP contribution is 2.38. The van der Waals surface area contributed by atoms with Crippen molar-refractivity contribution in [2.45, 2.75) is 37.5 Å². The number of rotatable bonds is 3. The van der Waals surface area contributed by atoms with E-state index in [0.717, 1.165) is 52.5 Å². The van der Waals surface area contributed by atoms with E-state index in [-0.39, 0.29) is 5.60 Å². The van der Waals surface area contributed by atoms with E-state index in [0.29, 0.717) is 6.04 Å². The van der Waals surface area contributed by atoms with Gasteiger partial charge in [0.1, 0.15) is 0 Å². The molecule has 3 aliphatic rings. The summed E-state index contributed by atoms with van der Waals surface area (Å²) in [4.78, 5) is 9.22. The normalized spacial score (nSPS) is 29.1. The van der Waals surface area contributed by atoms with Gasteiger partial charge in [-0.15, -0.1) is 0 Å². The number of hydrogen-bond donors (Lipinski definition) is 0. The average Bonchev–Trinajstić information content (AvgIpc) is 3.03. The number of pyridine rings is 1. The second-order valence-electron chi connectivity index (χ2n) is 7.13. The number of nitrogens with zero attached hydrogens (tertiary/aromatic N) is 3. The van der Waals surface area contributed by atoms with E-state index in [1.165, 1.54) is 24.8 Å². The maximum atomic E-state index is 6.33. The Bertz CT molecular complexity index is 496. The fourth-order valence-electron chi connectivity index (χ4n) is 4.21. The Hall–Kier alpha value is -1.01. The summed E-state index contributed by atoms with van der Waals surface area (Å²) in [5.41, 5.74) is 1.49. The second-order valence-corrected chi connectivity index (χ2v) is 7.13. The van der Waals surface area contributed by atoms with Gasteiger partial charge in [-0.1, -0.05) is 0 Å². The molecular formula is C18H27N3O2. The molecule has 3 saturated heterocycles. The Morgan fingerprint density at radius 2 is 1.83 bits per heavy atom. The van der Waals surface area contributed by atoms with Crippen LogP contribution in [-0.4, -0.2) is 72.4 Å². The first kappa shape index (κ1) is 15.5. The Morgan fingerprint density at radius 1 is 1.09 bits per heavy atom. The minimum Gasteiger partial charge on any atom is -0.379 e. The van der Waals surface area contributed by atoms with Crippen molar-refractivity contribution in [1.29, 1.82) is 0 Å². The number of aromatic nitrogens is 1. The molecule has 0 saturated carbocycles.